The van der Waals surface area contributed by atoms with Crippen molar-refractivity contribution in [3.05, 3.63) is 28.8 Å². The molecule has 0 radical (unpaired) electrons. The van der Waals surface area contributed by atoms with E-state index in [0.29, 0.717) is 6.29 Å². The summed E-state index contributed by atoms with van der Waals surface area (Å²) in [5.74, 6) is -0.555. The zero-order valence-electron chi connectivity index (χ0n) is 8.56. The fraction of sp³-hybridized carbons (Fsp3) is 0.182. The van der Waals surface area contributed by atoms with Crippen molar-refractivity contribution in [2.45, 2.75) is 11.8 Å². The van der Waals surface area contributed by atoms with E-state index in [2.05, 4.69) is 12.6 Å². The van der Waals surface area contributed by atoms with Crippen LogP contribution in [0.25, 0.3) is 0 Å². The summed E-state index contributed by atoms with van der Waals surface area (Å²) in [5, 5.41) is 8.75. The van der Waals surface area contributed by atoms with Crippen LogP contribution >= 0.6 is 12.6 Å². The normalized spacial score (nSPS) is 9.31. The number of esters is 1. The van der Waals surface area contributed by atoms with Crippen molar-refractivity contribution in [2.75, 3.05) is 6.61 Å². The van der Waals surface area contributed by atoms with Crippen LogP contribution in [-0.2, 0) is 4.74 Å². The number of nitrogens with zero attached hydrogens (tertiary/aromatic N) is 1. The third kappa shape index (κ3) is 2.23. The van der Waals surface area contributed by atoms with E-state index in [4.69, 9.17) is 10.00 Å². The van der Waals surface area contributed by atoms with Crippen LogP contribution < -0.4 is 0 Å². The Bertz CT molecular complexity index is 477. The van der Waals surface area contributed by atoms with Gasteiger partial charge in [0.05, 0.1) is 23.8 Å². The lowest BCUT2D eigenvalue weighted by Crippen LogP contribution is -2.07. The molecule has 16 heavy (non-hydrogen) atoms. The molecule has 0 fully saturated rings. The van der Waals surface area contributed by atoms with E-state index in [9.17, 15) is 9.59 Å². The first kappa shape index (κ1) is 12.3. The van der Waals surface area contributed by atoms with Crippen LogP contribution in [0.15, 0.2) is 17.0 Å². The summed E-state index contributed by atoms with van der Waals surface area (Å²) in [6.07, 6.45) is 0.504. The van der Waals surface area contributed by atoms with E-state index in [0.717, 1.165) is 0 Å². The monoisotopic (exact) mass is 235 g/mol. The van der Waals surface area contributed by atoms with Crippen LogP contribution in [0, 0.1) is 11.3 Å². The number of carbonyl (C=O) groups is 2. The van der Waals surface area contributed by atoms with Crippen LogP contribution in [-0.4, -0.2) is 18.9 Å². The van der Waals surface area contributed by atoms with Gasteiger partial charge in [0.25, 0.3) is 0 Å². The molecular formula is C11H9NO3S. The van der Waals surface area contributed by atoms with Crippen LogP contribution in [0.5, 0.6) is 0 Å². The number of hydrogen-bond donors (Lipinski definition) is 1. The van der Waals surface area contributed by atoms with Crippen LogP contribution in [0.1, 0.15) is 33.2 Å². The largest absolute Gasteiger partial charge is 0.462 e. The van der Waals surface area contributed by atoms with Gasteiger partial charge in [-0.15, -0.1) is 12.6 Å². The molecule has 0 saturated heterocycles. The Morgan fingerprint density at radius 2 is 2.31 bits per heavy atom. The maximum Gasteiger partial charge on any atom is 0.339 e. The van der Waals surface area contributed by atoms with Gasteiger partial charge in [0.2, 0.25) is 0 Å². The molecule has 5 heteroatoms. The lowest BCUT2D eigenvalue weighted by atomic mass is 10.1. The quantitative estimate of drug-likeness (QED) is 0.493. The number of carbonyl (C=O) groups excluding carboxylic acids is 2. The fourth-order valence-electron chi connectivity index (χ4n) is 1.20. The van der Waals surface area contributed by atoms with Crippen molar-refractivity contribution < 1.29 is 14.3 Å². The smallest absolute Gasteiger partial charge is 0.339 e. The first-order chi connectivity index (χ1) is 7.65. The number of ether oxygens (including phenoxy) is 1. The van der Waals surface area contributed by atoms with Crippen LogP contribution in [0.3, 0.4) is 0 Å². The van der Waals surface area contributed by atoms with Gasteiger partial charge in [-0.2, -0.15) is 5.26 Å². The minimum atomic E-state index is -0.555. The molecule has 1 rings (SSSR count). The third-order valence-electron chi connectivity index (χ3n) is 1.95. The van der Waals surface area contributed by atoms with Gasteiger partial charge in [0.15, 0.2) is 6.29 Å². The minimum absolute atomic E-state index is 0.108. The number of rotatable bonds is 3. The lowest BCUT2D eigenvalue weighted by Gasteiger charge is -2.07. The molecule has 82 valence electrons. The molecule has 0 N–H and O–H groups in total. The van der Waals surface area contributed by atoms with Crippen LogP contribution in [0.4, 0.5) is 0 Å². The Kier molecular flexibility index (Phi) is 4.09. The maximum absolute atomic E-state index is 11.5. The van der Waals surface area contributed by atoms with Crippen molar-refractivity contribution in [2.24, 2.45) is 0 Å². The third-order valence-corrected chi connectivity index (χ3v) is 2.43. The second-order valence-electron chi connectivity index (χ2n) is 2.87. The summed E-state index contributed by atoms with van der Waals surface area (Å²) in [7, 11) is 0. The first-order valence-corrected chi connectivity index (χ1v) is 4.98. The molecule has 0 unspecified atom stereocenters. The lowest BCUT2D eigenvalue weighted by molar-refractivity contribution is 0.0522. The maximum atomic E-state index is 11.5. The molecule has 4 nitrogen and oxygen atoms in total. The highest BCUT2D eigenvalue weighted by atomic mass is 32.1. The molecule has 0 heterocycles. The fourth-order valence-corrected chi connectivity index (χ4v) is 1.54. The molecule has 0 aliphatic heterocycles. The zero-order valence-corrected chi connectivity index (χ0v) is 9.45. The number of nitriles is 1. The molecule has 0 bridgehead atoms. The second-order valence-corrected chi connectivity index (χ2v) is 3.32. The average molecular weight is 235 g/mol. The highest BCUT2D eigenvalue weighted by Gasteiger charge is 2.16. The van der Waals surface area contributed by atoms with E-state index < -0.39 is 5.97 Å². The summed E-state index contributed by atoms with van der Waals surface area (Å²) in [6.45, 7) is 1.92. The Morgan fingerprint density at radius 1 is 1.62 bits per heavy atom. The summed E-state index contributed by atoms with van der Waals surface area (Å²) in [6, 6.07) is 4.67. The van der Waals surface area contributed by atoms with Crippen LogP contribution in [0.2, 0.25) is 0 Å². The van der Waals surface area contributed by atoms with Gasteiger partial charge in [-0.3, -0.25) is 4.79 Å². The van der Waals surface area contributed by atoms with E-state index >= 15 is 0 Å². The highest BCUT2D eigenvalue weighted by Crippen LogP contribution is 2.22. The molecule has 0 spiro atoms. The van der Waals surface area contributed by atoms with Gasteiger partial charge in [0, 0.05) is 10.5 Å². The number of thiol groups is 1. The van der Waals surface area contributed by atoms with Crippen molar-refractivity contribution in [1.82, 2.24) is 0 Å². The molecular weight excluding hydrogens is 226 g/mol. The summed E-state index contributed by atoms with van der Waals surface area (Å²) >= 11 is 4.06. The predicted octanol–water partition coefficient (Wildman–Crippen LogP) is 1.84. The number of benzene rings is 1. The topological polar surface area (TPSA) is 67.2 Å². The summed E-state index contributed by atoms with van der Waals surface area (Å²) < 4.78 is 4.80. The molecule has 0 amide bonds. The van der Waals surface area contributed by atoms with Crippen molar-refractivity contribution >= 4 is 24.9 Å². The number of aldehydes is 1. The molecule has 1 aromatic carbocycles. The predicted molar refractivity (Wildman–Crippen MR) is 59.8 cm³/mol. The molecule has 0 aliphatic rings. The Balaban J connectivity index is 3.30. The van der Waals surface area contributed by atoms with Gasteiger partial charge in [-0.1, -0.05) is 0 Å². The van der Waals surface area contributed by atoms with E-state index in [1.54, 1.807) is 6.92 Å². The van der Waals surface area contributed by atoms with Crippen molar-refractivity contribution in [1.29, 1.82) is 5.26 Å². The summed E-state index contributed by atoms with van der Waals surface area (Å²) in [4.78, 5) is 22.4. The Morgan fingerprint density at radius 3 is 2.81 bits per heavy atom. The van der Waals surface area contributed by atoms with E-state index in [-0.39, 0.29) is 28.2 Å². The molecule has 1 aromatic rings. The molecule has 0 aromatic heterocycles. The van der Waals surface area contributed by atoms with Gasteiger partial charge < -0.3 is 4.74 Å². The van der Waals surface area contributed by atoms with Gasteiger partial charge in [-0.05, 0) is 19.1 Å². The molecule has 0 atom stereocenters. The second kappa shape index (κ2) is 5.33. The van der Waals surface area contributed by atoms with Gasteiger partial charge >= 0.3 is 5.97 Å². The summed E-state index contributed by atoms with van der Waals surface area (Å²) in [5.41, 5.74) is 0.482. The average Bonchev–Trinajstić information content (AvgIpc) is 2.28. The zero-order chi connectivity index (χ0) is 12.1. The number of hydrogen-bond acceptors (Lipinski definition) is 5. The van der Waals surface area contributed by atoms with E-state index in [1.807, 2.05) is 6.07 Å². The van der Waals surface area contributed by atoms with E-state index in [1.165, 1.54) is 12.1 Å². The van der Waals surface area contributed by atoms with Crippen molar-refractivity contribution in [3.63, 3.8) is 0 Å². The Hall–Kier alpha value is -1.80. The van der Waals surface area contributed by atoms with Gasteiger partial charge in [-0.25, -0.2) is 4.79 Å². The standard InChI is InChI=1S/C11H9NO3S/c1-2-15-11(14)8-4-3-7(5-12)9(6-13)10(8)16/h3-4,6,16H,2H2,1H3. The minimum Gasteiger partial charge on any atom is -0.462 e. The highest BCUT2D eigenvalue weighted by molar-refractivity contribution is 7.80. The van der Waals surface area contributed by atoms with Crippen molar-refractivity contribution in [3.8, 4) is 6.07 Å². The Labute approximate surface area is 98.2 Å². The first-order valence-electron chi connectivity index (χ1n) is 4.54. The molecule has 0 aliphatic carbocycles. The molecule has 0 saturated carbocycles. The van der Waals surface area contributed by atoms with Gasteiger partial charge in [0.1, 0.15) is 0 Å². The SMILES string of the molecule is CCOC(=O)c1ccc(C#N)c(C=O)c1S.